The number of nitrogens with zero attached hydrogens (tertiary/aromatic N) is 1. The summed E-state index contributed by atoms with van der Waals surface area (Å²) in [6.45, 7) is 6.46. The Kier molecular flexibility index (Phi) is 6.10. The third-order valence-electron chi connectivity index (χ3n) is 4.62. The zero-order valence-electron chi connectivity index (χ0n) is 16.4. The average Bonchev–Trinajstić information content (AvgIpc) is 3.09. The topological polar surface area (TPSA) is 88.8 Å². The molecule has 1 aliphatic rings. The first-order chi connectivity index (χ1) is 13.3. The van der Waals surface area contributed by atoms with Crippen molar-refractivity contribution in [2.45, 2.75) is 51.0 Å². The Morgan fingerprint density at radius 2 is 1.89 bits per heavy atom. The number of ether oxygens (including phenoxy) is 1. The van der Waals surface area contributed by atoms with E-state index in [1.165, 1.54) is 22.7 Å². The predicted molar refractivity (Wildman–Crippen MR) is 106 cm³/mol. The number of amides is 1. The second kappa shape index (κ2) is 8.36. The van der Waals surface area contributed by atoms with Gasteiger partial charge in [-0.3, -0.25) is 4.79 Å². The van der Waals surface area contributed by atoms with E-state index in [4.69, 9.17) is 9.15 Å². The van der Waals surface area contributed by atoms with E-state index in [1.54, 1.807) is 19.1 Å². The van der Waals surface area contributed by atoms with Gasteiger partial charge in [-0.2, -0.15) is 4.31 Å². The van der Waals surface area contributed by atoms with Gasteiger partial charge in [-0.1, -0.05) is 6.42 Å². The van der Waals surface area contributed by atoms with Gasteiger partial charge < -0.3 is 14.5 Å². The maximum Gasteiger partial charge on any atom is 0.259 e. The number of hydrogen-bond acceptors (Lipinski definition) is 5. The molecule has 3 rings (SSSR count). The van der Waals surface area contributed by atoms with Gasteiger partial charge in [-0.15, -0.1) is 0 Å². The van der Waals surface area contributed by atoms with Gasteiger partial charge in [0, 0.05) is 13.1 Å². The van der Waals surface area contributed by atoms with E-state index in [1.807, 2.05) is 13.8 Å². The molecule has 7 nitrogen and oxygen atoms in total. The third-order valence-corrected chi connectivity index (χ3v) is 6.51. The summed E-state index contributed by atoms with van der Waals surface area (Å²) in [4.78, 5) is 12.8. The summed E-state index contributed by atoms with van der Waals surface area (Å²) in [6.07, 6.45) is 4.07. The number of carbonyl (C=O) groups excluding carboxylic acids is 1. The molecular weight excluding hydrogens is 380 g/mol. The van der Waals surface area contributed by atoms with Crippen LogP contribution in [0.2, 0.25) is 0 Å². The van der Waals surface area contributed by atoms with E-state index in [-0.39, 0.29) is 16.9 Å². The number of sulfonamides is 1. The number of anilines is 1. The summed E-state index contributed by atoms with van der Waals surface area (Å²) < 4.78 is 38.4. The SMILES string of the molecule is Cc1occc1C(=O)Nc1cc(S(=O)(=O)N2CCCCC2)ccc1OC(C)C. The summed E-state index contributed by atoms with van der Waals surface area (Å²) >= 11 is 0. The quantitative estimate of drug-likeness (QED) is 0.788. The fourth-order valence-corrected chi connectivity index (χ4v) is 4.73. The lowest BCUT2D eigenvalue weighted by atomic mass is 10.2. The van der Waals surface area contributed by atoms with Gasteiger partial charge in [0.2, 0.25) is 10.0 Å². The predicted octanol–water partition coefficient (Wildman–Crippen LogP) is 3.80. The molecule has 152 valence electrons. The number of hydrogen-bond donors (Lipinski definition) is 1. The first-order valence-electron chi connectivity index (χ1n) is 9.45. The van der Waals surface area contributed by atoms with Crippen molar-refractivity contribution >= 4 is 21.6 Å². The van der Waals surface area contributed by atoms with Crippen LogP contribution in [0.3, 0.4) is 0 Å². The maximum absolute atomic E-state index is 13.0. The first kappa shape index (κ1) is 20.4. The van der Waals surface area contributed by atoms with E-state index < -0.39 is 10.0 Å². The van der Waals surface area contributed by atoms with Crippen molar-refractivity contribution in [1.29, 1.82) is 0 Å². The molecular formula is C20H26N2O5S. The van der Waals surface area contributed by atoms with Crippen LogP contribution in [0.4, 0.5) is 5.69 Å². The van der Waals surface area contributed by atoms with E-state index in [9.17, 15) is 13.2 Å². The number of furan rings is 1. The highest BCUT2D eigenvalue weighted by molar-refractivity contribution is 7.89. The van der Waals surface area contributed by atoms with Gasteiger partial charge in [-0.25, -0.2) is 8.42 Å². The summed E-state index contributed by atoms with van der Waals surface area (Å²) in [6, 6.07) is 6.16. The maximum atomic E-state index is 13.0. The highest BCUT2D eigenvalue weighted by Gasteiger charge is 2.27. The number of rotatable bonds is 6. The van der Waals surface area contributed by atoms with Crippen molar-refractivity contribution in [3.05, 3.63) is 41.9 Å². The minimum Gasteiger partial charge on any atom is -0.489 e. The molecule has 0 unspecified atom stereocenters. The van der Waals surface area contributed by atoms with Gasteiger partial charge in [0.15, 0.2) is 0 Å². The molecule has 2 heterocycles. The molecule has 0 radical (unpaired) electrons. The van der Waals surface area contributed by atoms with E-state index in [0.717, 1.165) is 19.3 Å². The molecule has 1 fully saturated rings. The molecule has 0 aliphatic carbocycles. The monoisotopic (exact) mass is 406 g/mol. The lowest BCUT2D eigenvalue weighted by molar-refractivity contribution is 0.102. The van der Waals surface area contributed by atoms with Crippen molar-refractivity contribution < 1.29 is 22.4 Å². The van der Waals surface area contributed by atoms with Gasteiger partial charge in [0.05, 0.1) is 28.5 Å². The van der Waals surface area contributed by atoms with Crippen LogP contribution in [0.1, 0.15) is 49.2 Å². The second-order valence-electron chi connectivity index (χ2n) is 7.13. The Bertz CT molecular complexity index is 943. The zero-order chi connectivity index (χ0) is 20.3. The van der Waals surface area contributed by atoms with Crippen LogP contribution < -0.4 is 10.1 Å². The Balaban J connectivity index is 1.95. The number of piperidine rings is 1. The Morgan fingerprint density at radius 1 is 1.18 bits per heavy atom. The Labute approximate surface area is 165 Å². The minimum absolute atomic E-state index is 0.129. The highest BCUT2D eigenvalue weighted by Crippen LogP contribution is 2.31. The summed E-state index contributed by atoms with van der Waals surface area (Å²) in [5, 5.41) is 2.77. The van der Waals surface area contributed by atoms with Crippen LogP contribution in [0.25, 0.3) is 0 Å². The van der Waals surface area contributed by atoms with Gasteiger partial charge in [-0.05, 0) is 57.9 Å². The van der Waals surface area contributed by atoms with Crippen LogP contribution in [0.5, 0.6) is 5.75 Å². The number of benzene rings is 1. The van der Waals surface area contributed by atoms with Crippen molar-refractivity contribution in [2.75, 3.05) is 18.4 Å². The van der Waals surface area contributed by atoms with E-state index in [0.29, 0.717) is 35.9 Å². The molecule has 2 aromatic rings. The molecule has 1 saturated heterocycles. The van der Waals surface area contributed by atoms with Gasteiger partial charge in [0.1, 0.15) is 11.5 Å². The van der Waals surface area contributed by atoms with Crippen LogP contribution >= 0.6 is 0 Å². The highest BCUT2D eigenvalue weighted by atomic mass is 32.2. The van der Waals surface area contributed by atoms with Crippen LogP contribution in [-0.2, 0) is 10.0 Å². The lowest BCUT2D eigenvalue weighted by Gasteiger charge is -2.26. The lowest BCUT2D eigenvalue weighted by Crippen LogP contribution is -2.35. The number of aryl methyl sites for hydroxylation is 1. The van der Waals surface area contributed by atoms with Crippen LogP contribution in [0.15, 0.2) is 39.8 Å². The Morgan fingerprint density at radius 3 is 2.50 bits per heavy atom. The van der Waals surface area contributed by atoms with E-state index in [2.05, 4.69) is 5.32 Å². The molecule has 1 aliphatic heterocycles. The minimum atomic E-state index is -3.62. The molecule has 8 heteroatoms. The summed E-state index contributed by atoms with van der Waals surface area (Å²) in [7, 11) is -3.62. The van der Waals surface area contributed by atoms with E-state index >= 15 is 0 Å². The van der Waals surface area contributed by atoms with Crippen molar-refractivity contribution in [1.82, 2.24) is 4.31 Å². The smallest absolute Gasteiger partial charge is 0.259 e. The van der Waals surface area contributed by atoms with Crippen molar-refractivity contribution in [3.63, 3.8) is 0 Å². The van der Waals surface area contributed by atoms with Crippen LogP contribution in [0, 0.1) is 6.92 Å². The summed E-state index contributed by atoms with van der Waals surface area (Å²) in [5.74, 6) is 0.524. The molecule has 0 atom stereocenters. The zero-order valence-corrected chi connectivity index (χ0v) is 17.2. The molecule has 1 N–H and O–H groups in total. The second-order valence-corrected chi connectivity index (χ2v) is 9.07. The molecule has 0 spiro atoms. The Hall–Kier alpha value is -2.32. The normalized spacial score (nSPS) is 15.6. The first-order valence-corrected chi connectivity index (χ1v) is 10.9. The third kappa shape index (κ3) is 4.39. The fraction of sp³-hybridized carbons (Fsp3) is 0.450. The summed E-state index contributed by atoms with van der Waals surface area (Å²) in [5.41, 5.74) is 0.706. The molecule has 1 aromatic carbocycles. The molecule has 28 heavy (non-hydrogen) atoms. The standard InChI is InChI=1S/C20H26N2O5S/c1-14(2)27-19-8-7-16(28(24,25)22-10-5-4-6-11-22)13-18(19)21-20(23)17-9-12-26-15(17)3/h7-9,12-14H,4-6,10-11H2,1-3H3,(H,21,23). The fourth-order valence-electron chi connectivity index (χ4n) is 3.19. The molecule has 1 amide bonds. The van der Waals surface area contributed by atoms with Crippen LogP contribution in [-0.4, -0.2) is 37.8 Å². The average molecular weight is 407 g/mol. The van der Waals surface area contributed by atoms with Gasteiger partial charge in [0.25, 0.3) is 5.91 Å². The van der Waals surface area contributed by atoms with Gasteiger partial charge >= 0.3 is 0 Å². The molecule has 1 aromatic heterocycles. The van der Waals surface area contributed by atoms with Crippen molar-refractivity contribution in [3.8, 4) is 5.75 Å². The molecule has 0 bridgehead atoms. The number of nitrogens with one attached hydrogen (secondary N) is 1. The number of carbonyl (C=O) groups is 1. The molecule has 0 saturated carbocycles. The van der Waals surface area contributed by atoms with Crippen molar-refractivity contribution in [2.24, 2.45) is 0 Å². The largest absolute Gasteiger partial charge is 0.489 e.